The average Bonchev–Trinajstić information content (AvgIpc) is 3.30. The van der Waals surface area contributed by atoms with E-state index in [2.05, 4.69) is 12.2 Å². The highest BCUT2D eigenvalue weighted by atomic mass is 32.2. The summed E-state index contributed by atoms with van der Waals surface area (Å²) in [5.41, 5.74) is 1.04. The largest absolute Gasteiger partial charge is 0.310 e. The van der Waals surface area contributed by atoms with E-state index in [0.29, 0.717) is 24.0 Å². The maximum Gasteiger partial charge on any atom is 0.243 e. The minimum absolute atomic E-state index is 0.413. The molecule has 1 saturated carbocycles. The van der Waals surface area contributed by atoms with E-state index in [1.54, 1.807) is 16.4 Å². The third-order valence-corrected chi connectivity index (χ3v) is 5.79. The summed E-state index contributed by atoms with van der Waals surface area (Å²) in [6, 6.07) is 7.95. The lowest BCUT2D eigenvalue weighted by atomic mass is 10.2. The summed E-state index contributed by atoms with van der Waals surface area (Å²) in [7, 11) is -3.36. The molecule has 1 aromatic rings. The zero-order valence-electron chi connectivity index (χ0n) is 13.0. The molecule has 1 aliphatic carbocycles. The topological polar surface area (TPSA) is 49.4 Å². The second-order valence-corrected chi connectivity index (χ2v) is 7.59. The fourth-order valence-electron chi connectivity index (χ4n) is 2.30. The molecule has 0 bridgehead atoms. The van der Waals surface area contributed by atoms with E-state index in [9.17, 15) is 8.42 Å². The Morgan fingerprint density at radius 3 is 2.67 bits per heavy atom. The molecule has 4 nitrogen and oxygen atoms in total. The summed E-state index contributed by atoms with van der Waals surface area (Å²) in [6.07, 6.45) is 4.37. The first kappa shape index (κ1) is 16.5. The molecule has 1 aliphatic rings. The van der Waals surface area contributed by atoms with E-state index < -0.39 is 10.0 Å². The van der Waals surface area contributed by atoms with Gasteiger partial charge in [0.25, 0.3) is 0 Å². The van der Waals surface area contributed by atoms with E-state index in [0.717, 1.165) is 24.9 Å². The van der Waals surface area contributed by atoms with Crippen LogP contribution in [0.3, 0.4) is 0 Å². The summed E-state index contributed by atoms with van der Waals surface area (Å²) in [5.74, 6) is 0. The lowest BCUT2D eigenvalue weighted by Crippen LogP contribution is -2.32. The van der Waals surface area contributed by atoms with Gasteiger partial charge in [0, 0.05) is 25.7 Å². The minimum atomic E-state index is -3.36. The van der Waals surface area contributed by atoms with Crippen molar-refractivity contribution in [1.82, 2.24) is 9.62 Å². The van der Waals surface area contributed by atoms with Gasteiger partial charge in [0.1, 0.15) is 0 Å². The van der Waals surface area contributed by atoms with E-state index in [4.69, 9.17) is 0 Å². The van der Waals surface area contributed by atoms with Crippen molar-refractivity contribution >= 4 is 10.0 Å². The molecular formula is C16H26N2O2S. The molecule has 1 aromatic carbocycles. The first-order valence-electron chi connectivity index (χ1n) is 7.90. The lowest BCUT2D eigenvalue weighted by Gasteiger charge is -2.20. The van der Waals surface area contributed by atoms with Crippen molar-refractivity contribution in [2.75, 3.05) is 13.1 Å². The molecule has 0 aliphatic heterocycles. The van der Waals surface area contributed by atoms with Crippen LogP contribution in [0.4, 0.5) is 0 Å². The molecule has 118 valence electrons. The monoisotopic (exact) mass is 310 g/mol. The molecule has 0 heterocycles. The molecule has 0 spiro atoms. The van der Waals surface area contributed by atoms with Crippen molar-refractivity contribution < 1.29 is 8.42 Å². The van der Waals surface area contributed by atoms with Crippen molar-refractivity contribution in [3.8, 4) is 0 Å². The van der Waals surface area contributed by atoms with Gasteiger partial charge < -0.3 is 5.32 Å². The number of hydrogen-bond acceptors (Lipinski definition) is 3. The zero-order valence-corrected chi connectivity index (χ0v) is 13.8. The molecule has 0 amide bonds. The van der Waals surface area contributed by atoms with E-state index in [1.807, 2.05) is 19.1 Å². The fourth-order valence-corrected chi connectivity index (χ4v) is 3.86. The fraction of sp³-hybridized carbons (Fsp3) is 0.625. The van der Waals surface area contributed by atoms with Crippen LogP contribution in [0, 0.1) is 0 Å². The molecule has 0 unspecified atom stereocenters. The molecule has 21 heavy (non-hydrogen) atoms. The van der Waals surface area contributed by atoms with Crippen LogP contribution < -0.4 is 5.32 Å². The van der Waals surface area contributed by atoms with Crippen LogP contribution in [0.15, 0.2) is 29.2 Å². The standard InChI is InChI=1S/C16H26N2O2S/c1-3-5-11-18(4-2)21(19,20)16-8-6-7-14(12-16)13-17-15-9-10-15/h6-8,12,15,17H,3-5,9-11,13H2,1-2H3. The third kappa shape index (κ3) is 4.53. The van der Waals surface area contributed by atoms with Gasteiger partial charge in [-0.15, -0.1) is 0 Å². The minimum Gasteiger partial charge on any atom is -0.310 e. The van der Waals surface area contributed by atoms with Crippen LogP contribution in [0.25, 0.3) is 0 Å². The first-order chi connectivity index (χ1) is 10.1. The summed E-state index contributed by atoms with van der Waals surface area (Å²) in [5, 5.41) is 3.42. The molecule has 1 N–H and O–H groups in total. The summed E-state index contributed by atoms with van der Waals surface area (Å²) >= 11 is 0. The van der Waals surface area contributed by atoms with Crippen LogP contribution in [-0.4, -0.2) is 31.9 Å². The molecule has 5 heteroatoms. The van der Waals surface area contributed by atoms with Crippen molar-refractivity contribution in [2.24, 2.45) is 0 Å². The van der Waals surface area contributed by atoms with Crippen LogP contribution in [0.2, 0.25) is 0 Å². The Morgan fingerprint density at radius 2 is 2.05 bits per heavy atom. The highest BCUT2D eigenvalue weighted by molar-refractivity contribution is 7.89. The van der Waals surface area contributed by atoms with Gasteiger partial charge in [-0.25, -0.2) is 8.42 Å². The van der Waals surface area contributed by atoms with Crippen molar-refractivity contribution in [3.05, 3.63) is 29.8 Å². The number of hydrogen-bond donors (Lipinski definition) is 1. The number of rotatable bonds is 9. The van der Waals surface area contributed by atoms with Gasteiger partial charge in [0.2, 0.25) is 10.0 Å². The van der Waals surface area contributed by atoms with Crippen LogP contribution >= 0.6 is 0 Å². The maximum absolute atomic E-state index is 12.7. The highest BCUT2D eigenvalue weighted by Gasteiger charge is 2.23. The summed E-state index contributed by atoms with van der Waals surface area (Å²) in [6.45, 7) is 5.83. The maximum atomic E-state index is 12.7. The molecular weight excluding hydrogens is 284 g/mol. The van der Waals surface area contributed by atoms with E-state index in [1.165, 1.54) is 12.8 Å². The summed E-state index contributed by atoms with van der Waals surface area (Å²) in [4.78, 5) is 0.413. The first-order valence-corrected chi connectivity index (χ1v) is 9.34. The third-order valence-electron chi connectivity index (χ3n) is 3.82. The SMILES string of the molecule is CCCCN(CC)S(=O)(=O)c1cccc(CNC2CC2)c1. The molecule has 1 fully saturated rings. The smallest absolute Gasteiger partial charge is 0.243 e. The number of unbranched alkanes of at least 4 members (excludes halogenated alkanes) is 1. The van der Waals surface area contributed by atoms with Gasteiger partial charge in [-0.3, -0.25) is 0 Å². The van der Waals surface area contributed by atoms with Gasteiger partial charge in [-0.2, -0.15) is 4.31 Å². The second kappa shape index (κ2) is 7.38. The number of sulfonamides is 1. The number of benzene rings is 1. The van der Waals surface area contributed by atoms with Crippen molar-refractivity contribution in [3.63, 3.8) is 0 Å². The Labute approximate surface area is 128 Å². The van der Waals surface area contributed by atoms with Crippen molar-refractivity contribution in [1.29, 1.82) is 0 Å². The van der Waals surface area contributed by atoms with Crippen LogP contribution in [0.5, 0.6) is 0 Å². The van der Waals surface area contributed by atoms with Crippen LogP contribution in [0.1, 0.15) is 45.1 Å². The molecule has 0 atom stereocenters. The average molecular weight is 310 g/mol. The highest BCUT2D eigenvalue weighted by Crippen LogP contribution is 2.21. The molecule has 0 radical (unpaired) electrons. The Kier molecular flexibility index (Phi) is 5.79. The Hall–Kier alpha value is -0.910. The molecule has 0 saturated heterocycles. The molecule has 2 rings (SSSR count). The van der Waals surface area contributed by atoms with Gasteiger partial charge in [0.15, 0.2) is 0 Å². The Balaban J connectivity index is 2.11. The number of nitrogens with zero attached hydrogens (tertiary/aromatic N) is 1. The van der Waals surface area contributed by atoms with E-state index in [-0.39, 0.29) is 0 Å². The Morgan fingerprint density at radius 1 is 1.29 bits per heavy atom. The van der Waals surface area contributed by atoms with Gasteiger partial charge in [-0.05, 0) is 37.0 Å². The number of nitrogens with one attached hydrogen (secondary N) is 1. The van der Waals surface area contributed by atoms with Crippen molar-refractivity contribution in [2.45, 2.75) is 57.0 Å². The van der Waals surface area contributed by atoms with Gasteiger partial charge in [0.05, 0.1) is 4.90 Å². The van der Waals surface area contributed by atoms with Gasteiger partial charge >= 0.3 is 0 Å². The normalized spacial score (nSPS) is 15.6. The molecule has 0 aromatic heterocycles. The predicted octanol–water partition coefficient (Wildman–Crippen LogP) is 2.75. The van der Waals surface area contributed by atoms with Gasteiger partial charge in [-0.1, -0.05) is 32.4 Å². The summed E-state index contributed by atoms with van der Waals surface area (Å²) < 4.78 is 26.9. The van der Waals surface area contributed by atoms with E-state index >= 15 is 0 Å². The second-order valence-electron chi connectivity index (χ2n) is 5.65. The lowest BCUT2D eigenvalue weighted by molar-refractivity contribution is 0.419. The quantitative estimate of drug-likeness (QED) is 0.763. The van der Waals surface area contributed by atoms with Crippen LogP contribution in [-0.2, 0) is 16.6 Å². The predicted molar refractivity (Wildman–Crippen MR) is 85.6 cm³/mol. The Bertz CT molecular complexity index is 553. The zero-order chi connectivity index (χ0) is 15.3.